The molecule has 1 aromatic carbocycles. The number of aliphatic hydroxyl groups is 1. The molecule has 1 unspecified atom stereocenters. The van der Waals surface area contributed by atoms with Gasteiger partial charge in [-0.2, -0.15) is 0 Å². The molecule has 1 aromatic rings. The van der Waals surface area contributed by atoms with Gasteiger partial charge in [0.05, 0.1) is 12.1 Å². The maximum Gasteiger partial charge on any atom is 1.00 e. The Morgan fingerprint density at radius 3 is 2.41 bits per heavy atom. The molecule has 0 aliphatic carbocycles. The first kappa shape index (κ1) is 20.6. The Hall–Kier alpha value is -1.41. The van der Waals surface area contributed by atoms with Crippen LogP contribution in [0.25, 0.3) is 0 Å². The number of ether oxygens (including phenoxy) is 1. The number of alkyl carbamates (subject to hydrolysis) is 1. The zero-order valence-electron chi connectivity index (χ0n) is 12.4. The molecule has 0 radical (unpaired) electrons. The number of hydrogen-bond acceptors (Lipinski definition) is 6. The summed E-state index contributed by atoms with van der Waals surface area (Å²) in [6, 6.07) is 8.16. The number of carboxylic acid groups (broad SMARTS) is 1. The molecule has 7 nitrogen and oxygen atoms in total. The maximum atomic E-state index is 11.5. The van der Waals surface area contributed by atoms with Gasteiger partial charge in [-0.3, -0.25) is 4.79 Å². The Balaban J connectivity index is 0.00000441. The van der Waals surface area contributed by atoms with Gasteiger partial charge in [-0.15, -0.1) is 0 Å². The summed E-state index contributed by atoms with van der Waals surface area (Å²) >= 11 is 0. The minimum absolute atomic E-state index is 0. The first-order chi connectivity index (χ1) is 9.90. The summed E-state index contributed by atoms with van der Waals surface area (Å²) in [4.78, 5) is 32.6. The number of ketones is 1. The van der Waals surface area contributed by atoms with E-state index in [4.69, 9.17) is 4.74 Å². The maximum absolute atomic E-state index is 11.5. The summed E-state index contributed by atoms with van der Waals surface area (Å²) in [5, 5.41) is 22.2. The Morgan fingerprint density at radius 1 is 1.27 bits per heavy atom. The van der Waals surface area contributed by atoms with Crippen molar-refractivity contribution in [3.8, 4) is 0 Å². The number of nitrogens with one attached hydrogen (secondary N) is 1. The molecule has 114 valence electrons. The third-order valence-electron chi connectivity index (χ3n) is 2.76. The number of benzene rings is 1. The van der Waals surface area contributed by atoms with Crippen molar-refractivity contribution in [1.82, 2.24) is 5.32 Å². The number of carbonyl (C=O) groups is 3. The van der Waals surface area contributed by atoms with E-state index in [0.29, 0.717) is 0 Å². The standard InChI is InChI=1S/C14H17NO6.Na/c1-9(11(16)7-12(17)13(18)19)15-14(20)21-8-10-5-3-2-4-6-10;/h2-6,9,11,16H,7-8H2,1H3,(H,15,20)(H,18,19);/q;+1/p-1/t9-,11?;/m1./s1. The topological polar surface area (TPSA) is 116 Å². The van der Waals surface area contributed by atoms with Crippen LogP contribution >= 0.6 is 0 Å². The molecule has 2 atom stereocenters. The van der Waals surface area contributed by atoms with Crippen LogP contribution in [0.5, 0.6) is 0 Å². The van der Waals surface area contributed by atoms with E-state index < -0.39 is 36.4 Å². The van der Waals surface area contributed by atoms with Crippen LogP contribution in [0.1, 0.15) is 18.9 Å². The molecule has 8 heteroatoms. The fraction of sp³-hybridized carbons (Fsp3) is 0.357. The van der Waals surface area contributed by atoms with E-state index in [9.17, 15) is 24.6 Å². The summed E-state index contributed by atoms with van der Waals surface area (Å²) in [7, 11) is 0. The minimum Gasteiger partial charge on any atom is -0.542 e. The number of hydrogen-bond donors (Lipinski definition) is 2. The van der Waals surface area contributed by atoms with Crippen molar-refractivity contribution in [3.63, 3.8) is 0 Å². The molecular weight excluding hydrogens is 301 g/mol. The number of carboxylic acids is 1. The first-order valence-corrected chi connectivity index (χ1v) is 6.29. The zero-order valence-corrected chi connectivity index (χ0v) is 14.4. The monoisotopic (exact) mass is 317 g/mol. The van der Waals surface area contributed by atoms with Gasteiger partial charge < -0.3 is 25.1 Å². The molecule has 0 bridgehead atoms. The van der Waals surface area contributed by atoms with E-state index in [0.717, 1.165) is 5.56 Å². The predicted molar refractivity (Wildman–Crippen MR) is 69.9 cm³/mol. The smallest absolute Gasteiger partial charge is 0.542 e. The average Bonchev–Trinajstić information content (AvgIpc) is 2.45. The van der Waals surface area contributed by atoms with Gasteiger partial charge in [0, 0.05) is 6.42 Å². The van der Waals surface area contributed by atoms with Crippen LogP contribution in [0.3, 0.4) is 0 Å². The van der Waals surface area contributed by atoms with Gasteiger partial charge in [0.1, 0.15) is 12.6 Å². The molecule has 0 spiro atoms. The van der Waals surface area contributed by atoms with E-state index >= 15 is 0 Å². The molecule has 0 fully saturated rings. The van der Waals surface area contributed by atoms with E-state index in [1.807, 2.05) is 6.07 Å². The van der Waals surface area contributed by atoms with Gasteiger partial charge >= 0.3 is 35.7 Å². The molecular formula is C14H16NNaO6. The van der Waals surface area contributed by atoms with E-state index in [-0.39, 0.29) is 36.2 Å². The molecule has 0 aliphatic heterocycles. The number of aliphatic carboxylic acids is 1. The molecule has 22 heavy (non-hydrogen) atoms. The quantitative estimate of drug-likeness (QED) is 0.396. The van der Waals surface area contributed by atoms with Crippen molar-refractivity contribution in [2.75, 3.05) is 0 Å². The van der Waals surface area contributed by atoms with E-state index in [1.54, 1.807) is 24.3 Å². The number of rotatable bonds is 7. The van der Waals surface area contributed by atoms with Crippen molar-refractivity contribution in [1.29, 1.82) is 0 Å². The average molecular weight is 317 g/mol. The van der Waals surface area contributed by atoms with Crippen molar-refractivity contribution >= 4 is 17.8 Å². The van der Waals surface area contributed by atoms with Gasteiger partial charge in [-0.25, -0.2) is 4.79 Å². The predicted octanol–water partition coefficient (Wildman–Crippen LogP) is -3.62. The van der Waals surface area contributed by atoms with Crippen molar-refractivity contribution in [3.05, 3.63) is 35.9 Å². The van der Waals surface area contributed by atoms with Crippen molar-refractivity contribution in [2.45, 2.75) is 32.1 Å². The number of carbonyl (C=O) groups excluding carboxylic acids is 3. The van der Waals surface area contributed by atoms with Gasteiger partial charge in [0.25, 0.3) is 0 Å². The van der Waals surface area contributed by atoms with Crippen LogP contribution in [-0.4, -0.2) is 35.1 Å². The fourth-order valence-corrected chi connectivity index (χ4v) is 1.50. The molecule has 0 saturated heterocycles. The SMILES string of the molecule is C[C@@H](NC(=O)OCc1ccccc1)C(O)CC(=O)C(=O)[O-].[Na+]. The molecule has 2 N–H and O–H groups in total. The summed E-state index contributed by atoms with van der Waals surface area (Å²) in [6.07, 6.45) is -2.74. The van der Waals surface area contributed by atoms with Crippen molar-refractivity contribution < 1.29 is 58.9 Å². The second-order valence-corrected chi connectivity index (χ2v) is 4.48. The van der Waals surface area contributed by atoms with E-state index in [1.165, 1.54) is 6.92 Å². The first-order valence-electron chi connectivity index (χ1n) is 6.29. The van der Waals surface area contributed by atoms with Crippen LogP contribution in [0, 0.1) is 0 Å². The Labute approximate surface area is 150 Å². The normalized spacial score (nSPS) is 12.5. The molecule has 0 heterocycles. The minimum atomic E-state index is -1.87. The number of amides is 1. The molecule has 0 saturated carbocycles. The second kappa shape index (κ2) is 10.3. The third kappa shape index (κ3) is 7.56. The molecule has 0 aromatic heterocycles. The van der Waals surface area contributed by atoms with Crippen LogP contribution in [0.15, 0.2) is 30.3 Å². The number of aliphatic hydroxyl groups excluding tert-OH is 1. The van der Waals surface area contributed by atoms with Gasteiger partial charge in [-0.1, -0.05) is 30.3 Å². The molecule has 0 aliphatic rings. The van der Waals surface area contributed by atoms with E-state index in [2.05, 4.69) is 5.32 Å². The third-order valence-corrected chi connectivity index (χ3v) is 2.76. The second-order valence-electron chi connectivity index (χ2n) is 4.48. The van der Waals surface area contributed by atoms with Gasteiger partial charge in [-0.05, 0) is 12.5 Å². The summed E-state index contributed by atoms with van der Waals surface area (Å²) < 4.78 is 4.93. The molecule has 1 amide bonds. The Morgan fingerprint density at radius 2 is 1.86 bits per heavy atom. The molecule has 1 rings (SSSR count). The Kier molecular flexibility index (Phi) is 9.68. The fourth-order valence-electron chi connectivity index (χ4n) is 1.50. The van der Waals surface area contributed by atoms with Gasteiger partial charge in [0.15, 0.2) is 5.78 Å². The van der Waals surface area contributed by atoms with Crippen LogP contribution < -0.4 is 40.0 Å². The van der Waals surface area contributed by atoms with Gasteiger partial charge in [0.2, 0.25) is 0 Å². The van der Waals surface area contributed by atoms with Crippen LogP contribution in [0.4, 0.5) is 4.79 Å². The van der Waals surface area contributed by atoms with Crippen LogP contribution in [0.2, 0.25) is 0 Å². The summed E-state index contributed by atoms with van der Waals surface area (Å²) in [5.74, 6) is -3.10. The largest absolute Gasteiger partial charge is 1.00 e. The van der Waals surface area contributed by atoms with Crippen molar-refractivity contribution in [2.24, 2.45) is 0 Å². The summed E-state index contributed by atoms with van der Waals surface area (Å²) in [5.41, 5.74) is 0.799. The van der Waals surface area contributed by atoms with Crippen LogP contribution in [-0.2, 0) is 20.9 Å². The Bertz CT molecular complexity index is 507. The number of Topliss-reactive ketones (excluding diaryl/α,β-unsaturated/α-hetero) is 1. The summed E-state index contributed by atoms with van der Waals surface area (Å²) in [6.45, 7) is 1.49. The zero-order chi connectivity index (χ0) is 15.8.